The summed E-state index contributed by atoms with van der Waals surface area (Å²) in [7, 11) is 0. The predicted molar refractivity (Wildman–Crippen MR) is 124 cm³/mol. The van der Waals surface area contributed by atoms with Gasteiger partial charge >= 0.3 is 6.09 Å². The first-order valence-electron chi connectivity index (χ1n) is 10.9. The molecule has 2 atom stereocenters. The average Bonchev–Trinajstić information content (AvgIpc) is 2.76. The standard InChI is InChI=1S/C24H35N3O6/c1-6-8-13-25-21(30)20(18-12-10-9-11-17(18)7-2)27(14-15-28)22(31)19(16-29)26-23(32)33-24(3,4)5/h2,9-12,19-20,28-29H,6,8,13-16H2,1,3-5H3,(H,25,30)(H,26,32). The summed E-state index contributed by atoms with van der Waals surface area (Å²) in [5.74, 6) is 1.27. The van der Waals surface area contributed by atoms with Gasteiger partial charge in [-0.15, -0.1) is 6.42 Å². The number of hydrogen-bond acceptors (Lipinski definition) is 6. The number of ether oxygens (including phenoxy) is 1. The summed E-state index contributed by atoms with van der Waals surface area (Å²) in [4.78, 5) is 39.9. The zero-order valence-corrected chi connectivity index (χ0v) is 19.8. The molecular formula is C24H35N3O6. The molecule has 0 aliphatic heterocycles. The quantitative estimate of drug-likeness (QED) is 0.291. The molecule has 0 heterocycles. The fourth-order valence-corrected chi connectivity index (χ4v) is 3.11. The zero-order chi connectivity index (χ0) is 25.0. The fraction of sp³-hybridized carbons (Fsp3) is 0.542. The Morgan fingerprint density at radius 2 is 1.88 bits per heavy atom. The Balaban J connectivity index is 3.36. The molecule has 9 nitrogen and oxygen atoms in total. The summed E-state index contributed by atoms with van der Waals surface area (Å²) in [5.41, 5.74) is -0.0139. The molecule has 9 heteroatoms. The molecule has 0 bridgehead atoms. The molecule has 0 fully saturated rings. The molecule has 0 radical (unpaired) electrons. The van der Waals surface area contributed by atoms with Gasteiger partial charge in [-0.1, -0.05) is 37.5 Å². The van der Waals surface area contributed by atoms with Gasteiger partial charge < -0.3 is 30.5 Å². The van der Waals surface area contributed by atoms with Crippen LogP contribution < -0.4 is 10.6 Å². The summed E-state index contributed by atoms with van der Waals surface area (Å²) in [5, 5.41) is 24.6. The van der Waals surface area contributed by atoms with Crippen molar-refractivity contribution >= 4 is 17.9 Å². The number of benzene rings is 1. The lowest BCUT2D eigenvalue weighted by Gasteiger charge is -2.34. The fourth-order valence-electron chi connectivity index (χ4n) is 3.11. The Morgan fingerprint density at radius 3 is 2.42 bits per heavy atom. The van der Waals surface area contributed by atoms with E-state index in [1.165, 1.54) is 0 Å². The van der Waals surface area contributed by atoms with E-state index in [0.717, 1.165) is 17.7 Å². The minimum absolute atomic E-state index is 0.226. The van der Waals surface area contributed by atoms with E-state index in [4.69, 9.17) is 11.2 Å². The van der Waals surface area contributed by atoms with Crippen molar-refractivity contribution in [2.75, 3.05) is 26.3 Å². The van der Waals surface area contributed by atoms with Crippen molar-refractivity contribution < 1.29 is 29.3 Å². The minimum atomic E-state index is -1.39. The third-order valence-electron chi connectivity index (χ3n) is 4.60. The van der Waals surface area contributed by atoms with E-state index in [1.54, 1.807) is 45.0 Å². The summed E-state index contributed by atoms with van der Waals surface area (Å²) >= 11 is 0. The van der Waals surface area contributed by atoms with Crippen LogP contribution in [0.4, 0.5) is 4.79 Å². The number of alkyl carbamates (subject to hydrolysis) is 1. The largest absolute Gasteiger partial charge is 0.444 e. The van der Waals surface area contributed by atoms with Gasteiger partial charge in [-0.25, -0.2) is 4.79 Å². The van der Waals surface area contributed by atoms with Crippen molar-refractivity contribution in [3.05, 3.63) is 35.4 Å². The van der Waals surface area contributed by atoms with Crippen molar-refractivity contribution in [1.82, 2.24) is 15.5 Å². The molecule has 2 unspecified atom stereocenters. The topological polar surface area (TPSA) is 128 Å². The van der Waals surface area contributed by atoms with Gasteiger partial charge in [-0.3, -0.25) is 9.59 Å². The number of hydrogen-bond donors (Lipinski definition) is 4. The zero-order valence-electron chi connectivity index (χ0n) is 19.8. The Labute approximate surface area is 195 Å². The van der Waals surface area contributed by atoms with Gasteiger partial charge in [0.25, 0.3) is 0 Å². The third-order valence-corrected chi connectivity index (χ3v) is 4.60. The molecule has 33 heavy (non-hydrogen) atoms. The molecule has 0 saturated carbocycles. The number of carbonyl (C=O) groups is 3. The Kier molecular flexibility index (Phi) is 11.4. The van der Waals surface area contributed by atoms with Gasteiger partial charge in [0.2, 0.25) is 11.8 Å². The molecule has 0 aliphatic rings. The summed E-state index contributed by atoms with van der Waals surface area (Å²) < 4.78 is 5.17. The maximum absolute atomic E-state index is 13.4. The monoisotopic (exact) mass is 461 g/mol. The van der Waals surface area contributed by atoms with Crippen LogP contribution in [0, 0.1) is 12.3 Å². The molecule has 0 saturated heterocycles. The molecule has 4 N–H and O–H groups in total. The molecule has 1 aromatic rings. The number of nitrogens with one attached hydrogen (secondary N) is 2. The van der Waals surface area contributed by atoms with E-state index < -0.39 is 48.8 Å². The van der Waals surface area contributed by atoms with Crippen LogP contribution in [0.5, 0.6) is 0 Å². The van der Waals surface area contributed by atoms with Crippen LogP contribution in [0.3, 0.4) is 0 Å². The average molecular weight is 462 g/mol. The van der Waals surface area contributed by atoms with Gasteiger partial charge in [0, 0.05) is 18.7 Å². The Morgan fingerprint density at radius 1 is 1.21 bits per heavy atom. The van der Waals surface area contributed by atoms with E-state index in [-0.39, 0.29) is 6.54 Å². The van der Waals surface area contributed by atoms with Crippen LogP contribution in [0.25, 0.3) is 0 Å². The van der Waals surface area contributed by atoms with Crippen LogP contribution >= 0.6 is 0 Å². The number of rotatable bonds is 11. The van der Waals surface area contributed by atoms with Crippen LogP contribution in [-0.4, -0.2) is 71.0 Å². The second kappa shape index (κ2) is 13.5. The number of carbonyl (C=O) groups excluding carboxylic acids is 3. The second-order valence-corrected chi connectivity index (χ2v) is 8.42. The minimum Gasteiger partial charge on any atom is -0.444 e. The predicted octanol–water partition coefficient (Wildman–Crippen LogP) is 1.33. The van der Waals surface area contributed by atoms with Crippen molar-refractivity contribution in [2.45, 2.75) is 58.2 Å². The first kappa shape index (κ1) is 27.9. The van der Waals surface area contributed by atoms with Crippen LogP contribution in [0.2, 0.25) is 0 Å². The molecule has 1 rings (SSSR count). The Hall–Kier alpha value is -3.09. The first-order chi connectivity index (χ1) is 15.6. The van der Waals surface area contributed by atoms with E-state index >= 15 is 0 Å². The molecule has 3 amide bonds. The highest BCUT2D eigenvalue weighted by Crippen LogP contribution is 2.25. The maximum Gasteiger partial charge on any atom is 0.408 e. The molecule has 0 aromatic heterocycles. The summed E-state index contributed by atoms with van der Waals surface area (Å²) in [6.07, 6.45) is 6.32. The molecule has 0 aliphatic carbocycles. The first-order valence-corrected chi connectivity index (χ1v) is 10.9. The number of nitrogens with zero attached hydrogens (tertiary/aromatic N) is 1. The van der Waals surface area contributed by atoms with Gasteiger partial charge in [0.05, 0.1) is 13.2 Å². The number of amides is 3. The highest BCUT2D eigenvalue weighted by atomic mass is 16.6. The van der Waals surface area contributed by atoms with Gasteiger partial charge in [-0.05, 0) is 38.8 Å². The number of terminal acetylenes is 1. The van der Waals surface area contributed by atoms with Crippen molar-refractivity contribution in [2.24, 2.45) is 0 Å². The number of aliphatic hydroxyl groups excluding tert-OH is 2. The highest BCUT2D eigenvalue weighted by Gasteiger charge is 2.36. The van der Waals surface area contributed by atoms with Crippen LogP contribution in [0.15, 0.2) is 24.3 Å². The lowest BCUT2D eigenvalue weighted by Crippen LogP contribution is -2.55. The van der Waals surface area contributed by atoms with E-state index in [2.05, 4.69) is 16.6 Å². The van der Waals surface area contributed by atoms with Gasteiger partial charge in [0.1, 0.15) is 17.7 Å². The summed E-state index contributed by atoms with van der Waals surface area (Å²) in [6, 6.07) is 4.10. The number of unbranched alkanes of at least 4 members (excludes halogenated alkanes) is 1. The van der Waals surface area contributed by atoms with Crippen molar-refractivity contribution in [3.8, 4) is 12.3 Å². The van der Waals surface area contributed by atoms with Crippen molar-refractivity contribution in [3.63, 3.8) is 0 Å². The SMILES string of the molecule is C#Cc1ccccc1C(C(=O)NCCCC)N(CCO)C(=O)C(CO)NC(=O)OC(C)(C)C. The van der Waals surface area contributed by atoms with Gasteiger partial charge in [-0.2, -0.15) is 0 Å². The third kappa shape index (κ3) is 8.75. The van der Waals surface area contributed by atoms with E-state index in [1.807, 2.05) is 6.92 Å². The lowest BCUT2D eigenvalue weighted by atomic mass is 9.97. The smallest absolute Gasteiger partial charge is 0.408 e. The maximum atomic E-state index is 13.4. The van der Waals surface area contributed by atoms with Gasteiger partial charge in [0.15, 0.2) is 0 Å². The molecule has 182 valence electrons. The van der Waals surface area contributed by atoms with Crippen LogP contribution in [-0.2, 0) is 14.3 Å². The van der Waals surface area contributed by atoms with E-state index in [0.29, 0.717) is 17.7 Å². The molecular weight excluding hydrogens is 426 g/mol. The second-order valence-electron chi connectivity index (χ2n) is 8.42. The van der Waals surface area contributed by atoms with E-state index in [9.17, 15) is 24.6 Å². The van der Waals surface area contributed by atoms with Crippen molar-refractivity contribution in [1.29, 1.82) is 0 Å². The Bertz CT molecular complexity index is 843. The molecule has 1 aromatic carbocycles. The molecule has 0 spiro atoms. The normalized spacial score (nSPS) is 12.8. The van der Waals surface area contributed by atoms with Crippen LogP contribution in [0.1, 0.15) is 57.7 Å². The summed E-state index contributed by atoms with van der Waals surface area (Å²) in [6.45, 7) is 5.94. The number of aliphatic hydroxyl groups is 2. The highest BCUT2D eigenvalue weighted by molar-refractivity contribution is 5.92. The lowest BCUT2D eigenvalue weighted by molar-refractivity contribution is -0.143.